The van der Waals surface area contributed by atoms with Crippen LogP contribution in [0, 0.1) is 12.7 Å². The van der Waals surface area contributed by atoms with Crippen LogP contribution < -0.4 is 10.5 Å². The van der Waals surface area contributed by atoms with Gasteiger partial charge in [0.05, 0.1) is 23.5 Å². The highest BCUT2D eigenvalue weighted by Crippen LogP contribution is 2.28. The monoisotopic (exact) mass is 255 g/mol. The molecule has 1 aromatic carbocycles. The molecule has 0 fully saturated rings. The second-order valence-corrected chi connectivity index (χ2v) is 3.96. The molecule has 0 radical (unpaired) electrons. The maximum Gasteiger partial charge on any atom is 0.151 e. The molecule has 0 unspecified atom stereocenters. The van der Waals surface area contributed by atoms with Gasteiger partial charge in [0.1, 0.15) is 11.4 Å². The van der Waals surface area contributed by atoms with Crippen LogP contribution in [-0.4, -0.2) is 16.9 Å². The number of benzene rings is 1. The second kappa shape index (κ2) is 4.25. The Hall–Kier alpha value is -1.75. The summed E-state index contributed by atoms with van der Waals surface area (Å²) in [6.07, 6.45) is 1.53. The van der Waals surface area contributed by atoms with Crippen molar-refractivity contribution in [3.8, 4) is 11.4 Å². The predicted octanol–water partition coefficient (Wildman–Crippen LogP) is 2.56. The highest BCUT2D eigenvalue weighted by atomic mass is 35.5. The molecule has 0 saturated carbocycles. The van der Waals surface area contributed by atoms with E-state index in [9.17, 15) is 4.39 Å². The Morgan fingerprint density at radius 2 is 2.18 bits per heavy atom. The lowest BCUT2D eigenvalue weighted by Gasteiger charge is -2.08. The first-order valence-corrected chi connectivity index (χ1v) is 5.26. The van der Waals surface area contributed by atoms with Crippen molar-refractivity contribution in [2.75, 3.05) is 12.8 Å². The number of nitrogen functional groups attached to an aromatic ring is 1. The minimum absolute atomic E-state index is 0.240. The average molecular weight is 256 g/mol. The van der Waals surface area contributed by atoms with E-state index in [1.54, 1.807) is 6.92 Å². The summed E-state index contributed by atoms with van der Waals surface area (Å²) in [5.41, 5.74) is 6.70. The zero-order valence-electron chi connectivity index (χ0n) is 9.37. The molecule has 2 aromatic rings. The van der Waals surface area contributed by atoms with Crippen molar-refractivity contribution in [3.05, 3.63) is 34.9 Å². The number of aryl methyl sites for hydroxylation is 1. The Balaban J connectivity index is 2.58. The topological polar surface area (TPSA) is 53.1 Å². The third-order valence-corrected chi connectivity index (χ3v) is 2.76. The van der Waals surface area contributed by atoms with Gasteiger partial charge in [0, 0.05) is 18.3 Å². The van der Waals surface area contributed by atoms with Gasteiger partial charge in [-0.2, -0.15) is 5.10 Å². The Morgan fingerprint density at radius 1 is 1.47 bits per heavy atom. The van der Waals surface area contributed by atoms with Crippen LogP contribution in [-0.2, 0) is 0 Å². The van der Waals surface area contributed by atoms with E-state index < -0.39 is 5.82 Å². The fourth-order valence-electron chi connectivity index (χ4n) is 1.47. The van der Waals surface area contributed by atoms with Gasteiger partial charge >= 0.3 is 0 Å². The fraction of sp³-hybridized carbons (Fsp3) is 0.182. The first kappa shape index (κ1) is 11.7. The van der Waals surface area contributed by atoms with Gasteiger partial charge in [-0.1, -0.05) is 11.6 Å². The third kappa shape index (κ3) is 2.06. The highest BCUT2D eigenvalue weighted by molar-refractivity contribution is 6.31. The summed E-state index contributed by atoms with van der Waals surface area (Å²) in [4.78, 5) is 0. The minimum atomic E-state index is -0.484. The Kier molecular flexibility index (Phi) is 2.93. The summed E-state index contributed by atoms with van der Waals surface area (Å²) in [6.45, 7) is 1.74. The van der Waals surface area contributed by atoms with Gasteiger partial charge in [-0.3, -0.25) is 0 Å². The number of methoxy groups -OCH3 is 1. The Bertz CT molecular complexity index is 549. The van der Waals surface area contributed by atoms with Gasteiger partial charge in [-0.25, -0.2) is 9.07 Å². The molecule has 1 aromatic heterocycles. The summed E-state index contributed by atoms with van der Waals surface area (Å²) < 4.78 is 20.1. The standard InChI is InChI=1S/C11H11ClFN3O/c1-6-7(12)5-16(15-6)10-4-11(17-2)9(14)3-8(10)13/h3-5H,14H2,1-2H3. The summed E-state index contributed by atoms with van der Waals surface area (Å²) in [6, 6.07) is 2.67. The fourth-order valence-corrected chi connectivity index (χ4v) is 1.60. The van der Waals surface area contributed by atoms with E-state index in [0.717, 1.165) is 0 Å². The van der Waals surface area contributed by atoms with Crippen molar-refractivity contribution in [2.24, 2.45) is 0 Å². The number of hydrogen-bond donors (Lipinski definition) is 1. The third-order valence-electron chi connectivity index (χ3n) is 2.38. The molecule has 0 saturated heterocycles. The molecule has 0 aliphatic carbocycles. The van der Waals surface area contributed by atoms with Crippen LogP contribution >= 0.6 is 11.6 Å². The van der Waals surface area contributed by atoms with E-state index >= 15 is 0 Å². The van der Waals surface area contributed by atoms with Crippen LogP contribution in [0.15, 0.2) is 18.3 Å². The summed E-state index contributed by atoms with van der Waals surface area (Å²) in [7, 11) is 1.47. The van der Waals surface area contributed by atoms with E-state index in [-0.39, 0.29) is 11.4 Å². The van der Waals surface area contributed by atoms with Crippen LogP contribution in [0.5, 0.6) is 5.75 Å². The number of aromatic nitrogens is 2. The molecule has 0 atom stereocenters. The smallest absolute Gasteiger partial charge is 0.151 e. The lowest BCUT2D eigenvalue weighted by molar-refractivity contribution is 0.415. The van der Waals surface area contributed by atoms with E-state index in [1.807, 2.05) is 0 Å². The minimum Gasteiger partial charge on any atom is -0.495 e. The zero-order chi connectivity index (χ0) is 12.6. The summed E-state index contributed by atoms with van der Waals surface area (Å²) >= 11 is 5.87. The second-order valence-electron chi connectivity index (χ2n) is 3.55. The molecule has 0 aliphatic rings. The maximum atomic E-state index is 13.8. The number of hydrogen-bond acceptors (Lipinski definition) is 3. The largest absolute Gasteiger partial charge is 0.495 e. The number of anilines is 1. The molecular weight excluding hydrogens is 245 g/mol. The number of nitrogens with two attached hydrogens (primary N) is 1. The van der Waals surface area contributed by atoms with Crippen molar-refractivity contribution < 1.29 is 9.13 Å². The molecular formula is C11H11ClFN3O. The average Bonchev–Trinajstić information content (AvgIpc) is 2.59. The Morgan fingerprint density at radius 3 is 2.71 bits per heavy atom. The quantitative estimate of drug-likeness (QED) is 0.839. The molecule has 2 rings (SSSR count). The van der Waals surface area contributed by atoms with Gasteiger partial charge in [-0.15, -0.1) is 0 Å². The lowest BCUT2D eigenvalue weighted by atomic mass is 10.2. The first-order chi connectivity index (χ1) is 8.02. The normalized spacial score (nSPS) is 10.6. The lowest BCUT2D eigenvalue weighted by Crippen LogP contribution is -2.02. The molecule has 6 heteroatoms. The maximum absolute atomic E-state index is 13.8. The van der Waals surface area contributed by atoms with Gasteiger partial charge in [-0.05, 0) is 6.92 Å². The molecule has 0 aliphatic heterocycles. The van der Waals surface area contributed by atoms with Crippen molar-refractivity contribution in [2.45, 2.75) is 6.92 Å². The van der Waals surface area contributed by atoms with Crippen molar-refractivity contribution in [1.29, 1.82) is 0 Å². The number of rotatable bonds is 2. The zero-order valence-corrected chi connectivity index (χ0v) is 10.1. The van der Waals surface area contributed by atoms with Gasteiger partial charge in [0.25, 0.3) is 0 Å². The van der Waals surface area contributed by atoms with E-state index in [4.69, 9.17) is 22.1 Å². The molecule has 4 nitrogen and oxygen atoms in total. The first-order valence-electron chi connectivity index (χ1n) is 4.88. The van der Waals surface area contributed by atoms with Gasteiger partial charge < -0.3 is 10.5 Å². The van der Waals surface area contributed by atoms with Crippen LogP contribution in [0.25, 0.3) is 5.69 Å². The van der Waals surface area contributed by atoms with Crippen LogP contribution in [0.1, 0.15) is 5.69 Å². The number of ether oxygens (including phenoxy) is 1. The van der Waals surface area contributed by atoms with Gasteiger partial charge in [0.15, 0.2) is 5.82 Å². The van der Waals surface area contributed by atoms with Crippen molar-refractivity contribution >= 4 is 17.3 Å². The van der Waals surface area contributed by atoms with E-state index in [0.29, 0.717) is 16.5 Å². The molecule has 90 valence electrons. The molecule has 1 heterocycles. The van der Waals surface area contributed by atoms with Crippen LogP contribution in [0.2, 0.25) is 5.02 Å². The van der Waals surface area contributed by atoms with Crippen molar-refractivity contribution in [3.63, 3.8) is 0 Å². The molecule has 2 N–H and O–H groups in total. The van der Waals surface area contributed by atoms with E-state index in [2.05, 4.69) is 5.10 Å². The molecule has 0 bridgehead atoms. The van der Waals surface area contributed by atoms with Crippen LogP contribution in [0.4, 0.5) is 10.1 Å². The van der Waals surface area contributed by atoms with E-state index in [1.165, 1.54) is 30.1 Å². The SMILES string of the molecule is COc1cc(-n2cc(Cl)c(C)n2)c(F)cc1N. The number of halogens is 2. The van der Waals surface area contributed by atoms with Gasteiger partial charge in [0.2, 0.25) is 0 Å². The number of nitrogens with zero attached hydrogens (tertiary/aromatic N) is 2. The summed E-state index contributed by atoms with van der Waals surface area (Å²) in [5.74, 6) is -0.0897. The molecule has 0 spiro atoms. The van der Waals surface area contributed by atoms with Crippen molar-refractivity contribution in [1.82, 2.24) is 9.78 Å². The summed E-state index contributed by atoms with van der Waals surface area (Å²) in [5, 5.41) is 4.57. The molecule has 0 amide bonds. The van der Waals surface area contributed by atoms with Crippen LogP contribution in [0.3, 0.4) is 0 Å². The Labute approximate surface area is 103 Å². The predicted molar refractivity (Wildman–Crippen MR) is 64.2 cm³/mol. The molecule has 17 heavy (non-hydrogen) atoms. The highest BCUT2D eigenvalue weighted by Gasteiger charge is 2.12.